The van der Waals surface area contributed by atoms with Crippen LogP contribution in [0.1, 0.15) is 83.1 Å². The predicted octanol–water partition coefficient (Wildman–Crippen LogP) is 8.04. The molecule has 0 aromatic rings. The lowest BCUT2D eigenvalue weighted by molar-refractivity contribution is 0.627. The van der Waals surface area contributed by atoms with Crippen LogP contribution in [0.4, 0.5) is 0 Å². The van der Waals surface area contributed by atoms with Gasteiger partial charge in [0.2, 0.25) is 0 Å². The zero-order valence-corrected chi connectivity index (χ0v) is 20.9. The summed E-state index contributed by atoms with van der Waals surface area (Å²) >= 11 is -1.98. The smallest absolute Gasteiger partial charge is 0.0955 e. The monoisotopic (exact) mass is 360 g/mol. The average molecular weight is 361 g/mol. The van der Waals surface area contributed by atoms with Gasteiger partial charge < -0.3 is 0 Å². The molecule has 1 rings (SSSR count). The van der Waals surface area contributed by atoms with Crippen LogP contribution in [0.5, 0.6) is 0 Å². The molecule has 0 bridgehead atoms. The molecule has 0 aromatic carbocycles. The van der Waals surface area contributed by atoms with Crippen LogP contribution in [0.2, 0.25) is 26.7 Å². The van der Waals surface area contributed by atoms with Gasteiger partial charge in [0.1, 0.15) is 0 Å². The first-order chi connectivity index (χ1) is 10.5. The quantitative estimate of drug-likeness (QED) is 0.345. The Bertz CT molecular complexity index is 386. The Kier molecular flexibility index (Phi) is 6.85. The van der Waals surface area contributed by atoms with E-state index in [-0.39, 0.29) is 0 Å². The first kappa shape index (κ1) is 22.6. The number of allylic oxidation sites excluding steroid dienone is 4. The topological polar surface area (TPSA) is 0 Å². The van der Waals surface area contributed by atoms with Crippen molar-refractivity contribution in [2.75, 3.05) is 0 Å². The van der Waals surface area contributed by atoms with Crippen molar-refractivity contribution in [3.8, 4) is 0 Å². The third-order valence-corrected chi connectivity index (χ3v) is 15.5. The number of hydrogen-bond donors (Lipinski definition) is 0. The molecule has 0 aromatic heterocycles. The van der Waals surface area contributed by atoms with Crippen molar-refractivity contribution in [3.05, 3.63) is 24.3 Å². The molecule has 0 nitrogen and oxygen atoms in total. The fourth-order valence-corrected chi connectivity index (χ4v) is 17.2. The maximum absolute atomic E-state index is 2.61. The average Bonchev–Trinajstić information content (AvgIpc) is 2.23. The summed E-state index contributed by atoms with van der Waals surface area (Å²) in [7, 11) is 0. The molecule has 0 saturated heterocycles. The van der Waals surface area contributed by atoms with Crippen molar-refractivity contribution in [1.82, 2.24) is 0 Å². The highest BCUT2D eigenvalue weighted by molar-refractivity contribution is 6.69. The highest BCUT2D eigenvalue weighted by atomic mass is 27.2. The highest BCUT2D eigenvalue weighted by Crippen LogP contribution is 2.52. The predicted molar refractivity (Wildman–Crippen MR) is 116 cm³/mol. The van der Waals surface area contributed by atoms with E-state index in [9.17, 15) is 0 Å². The second-order valence-electron chi connectivity index (χ2n) is 12.3. The van der Waals surface area contributed by atoms with E-state index in [0.717, 1.165) is 0 Å². The summed E-state index contributed by atoms with van der Waals surface area (Å²) in [6.45, 7) is 29.6. The van der Waals surface area contributed by atoms with Gasteiger partial charge in [-0.15, -0.1) is 0 Å². The lowest BCUT2D eigenvalue weighted by Crippen LogP contribution is -2.41. The fourth-order valence-electron chi connectivity index (χ4n) is 5.99. The molecule has 0 radical (unpaired) electrons. The fraction of sp³-hybridized carbons (Fsp3) is 0.818. The molecule has 0 unspecified atom stereocenters. The zero-order chi connectivity index (χ0) is 19.1. The van der Waals surface area contributed by atoms with Gasteiger partial charge in [-0.1, -0.05) is 124 Å². The molecule has 1 aliphatic carbocycles. The minimum absolute atomic E-state index is 0.454. The first-order valence-electron chi connectivity index (χ1n) is 9.82. The van der Waals surface area contributed by atoms with Gasteiger partial charge in [0.15, 0.2) is 0 Å². The summed E-state index contributed by atoms with van der Waals surface area (Å²) in [4.78, 5) is 0. The Morgan fingerprint density at radius 3 is 0.708 bits per heavy atom. The lowest BCUT2D eigenvalue weighted by Gasteiger charge is -2.43. The van der Waals surface area contributed by atoms with Gasteiger partial charge in [0.05, 0.1) is 0 Å². The zero-order valence-electron chi connectivity index (χ0n) is 18.6. The second kappa shape index (κ2) is 7.28. The van der Waals surface area contributed by atoms with Crippen molar-refractivity contribution in [2.45, 2.75) is 110 Å². The largest absolute Gasteiger partial charge is 0.287 e. The van der Waals surface area contributed by atoms with Crippen LogP contribution in [0, 0.1) is 0 Å². The third-order valence-electron chi connectivity index (χ3n) is 5.61. The van der Waals surface area contributed by atoms with Gasteiger partial charge in [-0.05, 0) is 9.56 Å². The highest BCUT2D eigenvalue weighted by Gasteiger charge is 2.48. The van der Waals surface area contributed by atoms with Gasteiger partial charge in [0.25, 0.3) is 28.3 Å². The molecule has 0 atom stereocenters. The summed E-state index contributed by atoms with van der Waals surface area (Å²) in [5.74, 6) is 0. The standard InChI is InChI=1S/C6H6.4C4H9.2Al/c1-2-4-6-5-3-1;4*1-4(2)3;;/h1-6H;4*1-3H3;;. The Labute approximate surface area is 162 Å². The van der Waals surface area contributed by atoms with Crippen LogP contribution in [0.15, 0.2) is 24.3 Å². The minimum atomic E-state index is -0.992. The van der Waals surface area contributed by atoms with Crippen LogP contribution >= 0.6 is 0 Å². The molecular formula is C22H42Al2. The van der Waals surface area contributed by atoms with Gasteiger partial charge in [-0.3, -0.25) is 0 Å². The van der Waals surface area contributed by atoms with Crippen LogP contribution in [0.3, 0.4) is 0 Å². The molecule has 0 saturated carbocycles. The summed E-state index contributed by atoms with van der Waals surface area (Å²) in [5.41, 5.74) is 0. The molecule has 136 valence electrons. The van der Waals surface area contributed by atoms with Crippen LogP contribution in [-0.2, 0) is 0 Å². The molecule has 2 heteroatoms. The van der Waals surface area contributed by atoms with E-state index in [0.29, 0.717) is 26.7 Å². The molecule has 0 heterocycles. The normalized spacial score (nSPS) is 22.7. The SMILES string of the molecule is C[C](C)(C)[Al]([CH]1C=C[CH]([Al]([C](C)(C)C)[C](C)(C)C)C=C1)[C](C)(C)C. The third kappa shape index (κ3) is 5.78. The Morgan fingerprint density at radius 2 is 0.583 bits per heavy atom. The van der Waals surface area contributed by atoms with Crippen LogP contribution < -0.4 is 0 Å². The molecule has 24 heavy (non-hydrogen) atoms. The van der Waals surface area contributed by atoms with Gasteiger partial charge in [-0.25, -0.2) is 0 Å². The van der Waals surface area contributed by atoms with E-state index < -0.39 is 28.3 Å². The minimum Gasteiger partial charge on any atom is -0.0955 e. The van der Waals surface area contributed by atoms with Gasteiger partial charge >= 0.3 is 0 Å². The van der Waals surface area contributed by atoms with Gasteiger partial charge in [0, 0.05) is 0 Å². The van der Waals surface area contributed by atoms with E-state index in [1.807, 2.05) is 0 Å². The number of hydrogen-bond acceptors (Lipinski definition) is 0. The van der Waals surface area contributed by atoms with E-state index in [1.165, 1.54) is 0 Å². The van der Waals surface area contributed by atoms with Crippen molar-refractivity contribution in [2.24, 2.45) is 0 Å². The summed E-state index contributed by atoms with van der Waals surface area (Å²) in [6, 6.07) is 0. The molecule has 1 aliphatic rings. The molecule has 0 N–H and O–H groups in total. The van der Waals surface area contributed by atoms with E-state index in [1.54, 1.807) is 0 Å². The maximum atomic E-state index is 2.61. The van der Waals surface area contributed by atoms with Crippen LogP contribution in [-0.4, -0.2) is 28.3 Å². The molecule has 0 amide bonds. The van der Waals surface area contributed by atoms with E-state index in [2.05, 4.69) is 107 Å². The van der Waals surface area contributed by atoms with Crippen molar-refractivity contribution in [3.63, 3.8) is 0 Å². The molecule has 0 fully saturated rings. The molecular weight excluding hydrogens is 318 g/mol. The van der Waals surface area contributed by atoms with Crippen molar-refractivity contribution < 1.29 is 0 Å². The van der Waals surface area contributed by atoms with Crippen molar-refractivity contribution >= 4 is 28.3 Å². The summed E-state index contributed by atoms with van der Waals surface area (Å²) in [5, 5.41) is 0. The number of rotatable bonds is 2. The summed E-state index contributed by atoms with van der Waals surface area (Å²) in [6.07, 6.45) is 10.4. The van der Waals surface area contributed by atoms with Crippen LogP contribution in [0.25, 0.3) is 0 Å². The lowest BCUT2D eigenvalue weighted by atomic mass is 10.2. The van der Waals surface area contributed by atoms with E-state index >= 15 is 0 Å². The Balaban J connectivity index is 3.11. The van der Waals surface area contributed by atoms with Gasteiger partial charge in [-0.2, -0.15) is 0 Å². The van der Waals surface area contributed by atoms with Crippen molar-refractivity contribution in [1.29, 1.82) is 0 Å². The molecule has 0 aliphatic heterocycles. The first-order valence-corrected chi connectivity index (χ1v) is 13.5. The van der Waals surface area contributed by atoms with E-state index in [4.69, 9.17) is 0 Å². The molecule has 0 spiro atoms. The maximum Gasteiger partial charge on any atom is 0.287 e. The Morgan fingerprint density at radius 1 is 0.417 bits per heavy atom. The summed E-state index contributed by atoms with van der Waals surface area (Å²) < 4.78 is 3.22. The second-order valence-corrected chi connectivity index (χ2v) is 22.7. The Hall–Kier alpha value is 0.545.